The number of imidazole rings is 1. The van der Waals surface area contributed by atoms with Crippen LogP contribution in [0.15, 0.2) is 42.5 Å². The Hall–Kier alpha value is -2.02. The van der Waals surface area contributed by atoms with Crippen LogP contribution in [0.5, 0.6) is 0 Å². The van der Waals surface area contributed by atoms with Gasteiger partial charge in [-0.05, 0) is 24.3 Å². The van der Waals surface area contributed by atoms with E-state index < -0.39 is 0 Å². The lowest BCUT2D eigenvalue weighted by Crippen LogP contribution is -2.01. The largest absolute Gasteiger partial charge is 0.294 e. The van der Waals surface area contributed by atoms with Gasteiger partial charge in [-0.3, -0.25) is 4.57 Å². The third-order valence-corrected chi connectivity index (χ3v) is 3.63. The average molecular weight is 302 g/mol. The molecule has 0 amide bonds. The number of halogens is 2. The quantitative estimate of drug-likeness (QED) is 0.663. The molecule has 0 bridgehead atoms. The summed E-state index contributed by atoms with van der Waals surface area (Å²) in [4.78, 5) is 4.47. The number of aromatic nitrogens is 2. The summed E-state index contributed by atoms with van der Waals surface area (Å²) >= 11 is 12.2. The molecule has 0 atom stereocenters. The van der Waals surface area contributed by atoms with E-state index in [2.05, 4.69) is 11.1 Å². The molecule has 0 saturated carbocycles. The number of hydrogen-bond acceptors (Lipinski definition) is 2. The van der Waals surface area contributed by atoms with Crippen molar-refractivity contribution in [3.05, 3.63) is 58.9 Å². The van der Waals surface area contributed by atoms with Crippen LogP contribution in [0.2, 0.25) is 5.02 Å². The van der Waals surface area contributed by atoms with Gasteiger partial charge >= 0.3 is 0 Å². The smallest absolute Gasteiger partial charge is 0.129 e. The summed E-state index contributed by atoms with van der Waals surface area (Å²) in [5.41, 5.74) is 2.86. The van der Waals surface area contributed by atoms with Crippen LogP contribution in [-0.4, -0.2) is 9.55 Å². The lowest BCUT2D eigenvalue weighted by Gasteiger charge is -2.09. The van der Waals surface area contributed by atoms with Gasteiger partial charge in [-0.25, -0.2) is 4.98 Å². The molecular weight excluding hydrogens is 293 g/mol. The zero-order valence-corrected chi connectivity index (χ0v) is 11.9. The summed E-state index contributed by atoms with van der Waals surface area (Å²) < 4.78 is 1.88. The zero-order chi connectivity index (χ0) is 14.1. The second-order valence-corrected chi connectivity index (χ2v) is 4.91. The molecule has 0 aliphatic heterocycles. The molecule has 3 aromatic rings. The molecule has 1 heterocycles. The van der Waals surface area contributed by atoms with Gasteiger partial charge in [0, 0.05) is 0 Å². The van der Waals surface area contributed by atoms with Gasteiger partial charge in [0.05, 0.1) is 27.7 Å². The molecule has 0 aliphatic rings. The molecule has 3 rings (SSSR count). The first-order valence-electron chi connectivity index (χ1n) is 5.97. The van der Waals surface area contributed by atoms with Gasteiger partial charge in [0.25, 0.3) is 0 Å². The summed E-state index contributed by atoms with van der Waals surface area (Å²) in [6.45, 7) is 0. The van der Waals surface area contributed by atoms with Crippen LogP contribution in [0.4, 0.5) is 0 Å². The van der Waals surface area contributed by atoms with E-state index in [1.54, 1.807) is 12.1 Å². The highest BCUT2D eigenvalue weighted by molar-refractivity contribution is 6.35. The lowest BCUT2D eigenvalue weighted by atomic mass is 10.2. The van der Waals surface area contributed by atoms with Crippen LogP contribution < -0.4 is 0 Å². The first-order valence-corrected chi connectivity index (χ1v) is 6.89. The van der Waals surface area contributed by atoms with Gasteiger partial charge in [-0.15, -0.1) is 11.6 Å². The lowest BCUT2D eigenvalue weighted by molar-refractivity contribution is 0.978. The minimum Gasteiger partial charge on any atom is -0.294 e. The minimum atomic E-state index is 0.241. The summed E-state index contributed by atoms with van der Waals surface area (Å²) in [5.74, 6) is 0.905. The Kier molecular flexibility index (Phi) is 3.35. The fourth-order valence-electron chi connectivity index (χ4n) is 2.23. The van der Waals surface area contributed by atoms with E-state index in [4.69, 9.17) is 23.2 Å². The topological polar surface area (TPSA) is 41.6 Å². The zero-order valence-electron chi connectivity index (χ0n) is 10.3. The molecule has 0 radical (unpaired) electrons. The van der Waals surface area contributed by atoms with E-state index in [1.165, 1.54) is 0 Å². The van der Waals surface area contributed by atoms with Gasteiger partial charge in [0.1, 0.15) is 17.4 Å². The standard InChI is InChI=1S/C15H9Cl2N3/c16-8-14-19-15-11(17)5-3-7-13(15)20(14)12-6-2-1-4-10(12)9-18/h1-7H,8H2. The Morgan fingerprint density at radius 2 is 1.95 bits per heavy atom. The molecule has 0 spiro atoms. The van der Waals surface area contributed by atoms with Crippen molar-refractivity contribution in [2.75, 3.05) is 0 Å². The Labute approximate surface area is 126 Å². The molecule has 2 aromatic carbocycles. The third kappa shape index (κ3) is 1.94. The van der Waals surface area contributed by atoms with Crippen molar-refractivity contribution in [2.24, 2.45) is 0 Å². The Balaban J connectivity index is 2.41. The monoisotopic (exact) mass is 301 g/mol. The third-order valence-electron chi connectivity index (χ3n) is 3.09. The number of nitrogens with zero attached hydrogens (tertiary/aromatic N) is 3. The summed E-state index contributed by atoms with van der Waals surface area (Å²) in [7, 11) is 0. The summed E-state index contributed by atoms with van der Waals surface area (Å²) in [5, 5.41) is 9.84. The van der Waals surface area contributed by atoms with Crippen molar-refractivity contribution >= 4 is 34.2 Å². The van der Waals surface area contributed by atoms with E-state index in [0.717, 1.165) is 11.2 Å². The molecule has 0 saturated heterocycles. The number of benzene rings is 2. The minimum absolute atomic E-state index is 0.241. The molecule has 0 aliphatic carbocycles. The second kappa shape index (κ2) is 5.16. The van der Waals surface area contributed by atoms with Crippen LogP contribution in [0.25, 0.3) is 16.7 Å². The molecule has 3 nitrogen and oxygen atoms in total. The van der Waals surface area contributed by atoms with Crippen molar-refractivity contribution < 1.29 is 0 Å². The highest BCUT2D eigenvalue weighted by atomic mass is 35.5. The molecule has 0 N–H and O–H groups in total. The maximum Gasteiger partial charge on any atom is 0.129 e. The van der Waals surface area contributed by atoms with E-state index in [0.29, 0.717) is 21.9 Å². The van der Waals surface area contributed by atoms with E-state index in [1.807, 2.05) is 34.9 Å². The van der Waals surface area contributed by atoms with Gasteiger partial charge in [-0.1, -0.05) is 29.8 Å². The van der Waals surface area contributed by atoms with Crippen LogP contribution in [0, 0.1) is 11.3 Å². The number of nitriles is 1. The highest BCUT2D eigenvalue weighted by Crippen LogP contribution is 2.28. The molecule has 0 fully saturated rings. The fourth-order valence-corrected chi connectivity index (χ4v) is 2.63. The number of para-hydroxylation sites is 2. The number of alkyl halides is 1. The Morgan fingerprint density at radius 3 is 2.70 bits per heavy atom. The molecule has 98 valence electrons. The van der Waals surface area contributed by atoms with Crippen molar-refractivity contribution in [1.29, 1.82) is 5.26 Å². The average Bonchev–Trinajstić information content (AvgIpc) is 2.87. The van der Waals surface area contributed by atoms with Gasteiger partial charge in [0.15, 0.2) is 0 Å². The predicted octanol–water partition coefficient (Wildman–Crippen LogP) is 4.29. The highest BCUT2D eigenvalue weighted by Gasteiger charge is 2.15. The van der Waals surface area contributed by atoms with Crippen LogP contribution in [0.3, 0.4) is 0 Å². The fraction of sp³-hybridized carbons (Fsp3) is 0.0667. The molecule has 20 heavy (non-hydrogen) atoms. The van der Waals surface area contributed by atoms with E-state index >= 15 is 0 Å². The SMILES string of the molecule is N#Cc1ccccc1-n1c(CCl)nc2c(Cl)cccc21. The molecule has 1 aromatic heterocycles. The van der Waals surface area contributed by atoms with Crippen molar-refractivity contribution in [1.82, 2.24) is 9.55 Å². The number of rotatable bonds is 2. The van der Waals surface area contributed by atoms with Crippen LogP contribution in [-0.2, 0) is 5.88 Å². The van der Waals surface area contributed by atoms with E-state index in [9.17, 15) is 5.26 Å². The predicted molar refractivity (Wildman–Crippen MR) is 80.4 cm³/mol. The summed E-state index contributed by atoms with van der Waals surface area (Å²) in [6.07, 6.45) is 0. The normalized spacial score (nSPS) is 10.7. The molecular formula is C15H9Cl2N3. The number of fused-ring (bicyclic) bond motifs is 1. The van der Waals surface area contributed by atoms with Crippen LogP contribution >= 0.6 is 23.2 Å². The van der Waals surface area contributed by atoms with Gasteiger partial charge in [-0.2, -0.15) is 5.26 Å². The maximum atomic E-state index is 9.26. The van der Waals surface area contributed by atoms with Crippen molar-refractivity contribution in [3.8, 4) is 11.8 Å². The van der Waals surface area contributed by atoms with E-state index in [-0.39, 0.29) is 5.88 Å². The first kappa shape index (κ1) is 13.0. The first-order chi connectivity index (χ1) is 9.76. The Bertz CT molecular complexity index is 831. The van der Waals surface area contributed by atoms with Crippen molar-refractivity contribution in [3.63, 3.8) is 0 Å². The number of hydrogen-bond donors (Lipinski definition) is 0. The van der Waals surface area contributed by atoms with Gasteiger partial charge in [0.2, 0.25) is 0 Å². The second-order valence-electron chi connectivity index (χ2n) is 4.23. The van der Waals surface area contributed by atoms with Crippen LogP contribution in [0.1, 0.15) is 11.4 Å². The Morgan fingerprint density at radius 1 is 1.15 bits per heavy atom. The maximum absolute atomic E-state index is 9.26. The molecule has 0 unspecified atom stereocenters. The molecule has 5 heteroatoms. The summed E-state index contributed by atoms with van der Waals surface area (Å²) in [6, 6.07) is 15.1. The van der Waals surface area contributed by atoms with Gasteiger partial charge < -0.3 is 0 Å². The van der Waals surface area contributed by atoms with Crippen molar-refractivity contribution in [2.45, 2.75) is 5.88 Å².